The minimum Gasteiger partial charge on any atom is -0.461 e. The summed E-state index contributed by atoms with van der Waals surface area (Å²) in [5.74, 6) is 1.45. The van der Waals surface area contributed by atoms with Crippen LogP contribution in [0.25, 0.3) is 11.0 Å². The van der Waals surface area contributed by atoms with Gasteiger partial charge in [-0.1, -0.05) is 36.7 Å². The van der Waals surface area contributed by atoms with Crippen LogP contribution >= 0.6 is 0 Å². The predicted molar refractivity (Wildman–Crippen MR) is 96.6 cm³/mol. The van der Waals surface area contributed by atoms with Gasteiger partial charge in [0.15, 0.2) is 0 Å². The molecule has 0 aliphatic rings. The van der Waals surface area contributed by atoms with Gasteiger partial charge in [0.2, 0.25) is 0 Å². The Morgan fingerprint density at radius 1 is 1.24 bits per heavy atom. The summed E-state index contributed by atoms with van der Waals surface area (Å²) >= 11 is 0. The Morgan fingerprint density at radius 3 is 2.68 bits per heavy atom. The van der Waals surface area contributed by atoms with Crippen LogP contribution in [0.4, 0.5) is 0 Å². The lowest BCUT2D eigenvalue weighted by molar-refractivity contribution is 0.0782. The summed E-state index contributed by atoms with van der Waals surface area (Å²) in [5.41, 5.74) is 3.14. The minimum atomic E-state index is -0.0806. The van der Waals surface area contributed by atoms with Gasteiger partial charge in [0.25, 0.3) is 5.91 Å². The lowest BCUT2D eigenvalue weighted by Gasteiger charge is -2.17. The molecule has 0 spiro atoms. The second-order valence-corrected chi connectivity index (χ2v) is 6.46. The second-order valence-electron chi connectivity index (χ2n) is 6.46. The van der Waals surface area contributed by atoms with Crippen LogP contribution in [-0.4, -0.2) is 23.0 Å². The lowest BCUT2D eigenvalue weighted by atomic mass is 10.1. The van der Waals surface area contributed by atoms with Crippen molar-refractivity contribution in [1.82, 2.24) is 10.1 Å². The van der Waals surface area contributed by atoms with Gasteiger partial charge in [-0.05, 0) is 26.3 Å². The normalized spacial score (nSPS) is 11.2. The van der Waals surface area contributed by atoms with Gasteiger partial charge in [0.05, 0.1) is 5.69 Å². The smallest absolute Gasteiger partial charge is 0.259 e. The van der Waals surface area contributed by atoms with Crippen molar-refractivity contribution in [3.05, 3.63) is 52.6 Å². The standard InChI is InChI=1S/C20H24N2O3/c1-5-6-10-18-16(15-9-7-8-11-17(15)24-18)12-22(4)20(23)19-13(2)21-25-14(19)3/h7-9,11H,5-6,10,12H2,1-4H3. The van der Waals surface area contributed by atoms with E-state index < -0.39 is 0 Å². The first-order chi connectivity index (χ1) is 12.0. The van der Waals surface area contributed by atoms with Crippen LogP contribution in [0.2, 0.25) is 0 Å². The number of para-hydroxylation sites is 1. The highest BCUT2D eigenvalue weighted by molar-refractivity contribution is 5.96. The maximum Gasteiger partial charge on any atom is 0.259 e. The zero-order valence-corrected chi connectivity index (χ0v) is 15.3. The van der Waals surface area contributed by atoms with E-state index in [4.69, 9.17) is 8.94 Å². The number of nitrogens with zero attached hydrogens (tertiary/aromatic N) is 2. The van der Waals surface area contributed by atoms with E-state index in [0.717, 1.165) is 41.6 Å². The summed E-state index contributed by atoms with van der Waals surface area (Å²) < 4.78 is 11.2. The number of hydrogen-bond donors (Lipinski definition) is 0. The molecule has 2 heterocycles. The number of carbonyl (C=O) groups excluding carboxylic acids is 1. The number of hydrogen-bond acceptors (Lipinski definition) is 4. The summed E-state index contributed by atoms with van der Waals surface area (Å²) in [6.45, 7) is 6.22. The summed E-state index contributed by atoms with van der Waals surface area (Å²) in [7, 11) is 1.81. The van der Waals surface area contributed by atoms with Crippen molar-refractivity contribution in [2.24, 2.45) is 0 Å². The molecule has 0 atom stereocenters. The van der Waals surface area contributed by atoms with Gasteiger partial charge in [-0.25, -0.2) is 0 Å². The molecule has 0 aliphatic heterocycles. The van der Waals surface area contributed by atoms with Crippen LogP contribution < -0.4 is 0 Å². The van der Waals surface area contributed by atoms with Crippen molar-refractivity contribution in [3.63, 3.8) is 0 Å². The number of aryl methyl sites for hydroxylation is 3. The van der Waals surface area contributed by atoms with Crippen molar-refractivity contribution in [1.29, 1.82) is 0 Å². The maximum absolute atomic E-state index is 12.8. The highest BCUT2D eigenvalue weighted by Crippen LogP contribution is 2.29. The van der Waals surface area contributed by atoms with Crippen LogP contribution in [0.3, 0.4) is 0 Å². The van der Waals surface area contributed by atoms with Gasteiger partial charge in [-0.3, -0.25) is 4.79 Å². The molecule has 0 unspecified atom stereocenters. The molecule has 0 radical (unpaired) electrons. The number of fused-ring (bicyclic) bond motifs is 1. The Balaban J connectivity index is 1.92. The van der Waals surface area contributed by atoms with Crippen LogP contribution in [-0.2, 0) is 13.0 Å². The molecule has 0 fully saturated rings. The lowest BCUT2D eigenvalue weighted by Crippen LogP contribution is -2.27. The fraction of sp³-hybridized carbons (Fsp3) is 0.400. The number of unbranched alkanes of at least 4 members (excludes halogenated alkanes) is 1. The van der Waals surface area contributed by atoms with Crippen molar-refractivity contribution >= 4 is 16.9 Å². The quantitative estimate of drug-likeness (QED) is 0.655. The largest absolute Gasteiger partial charge is 0.461 e. The van der Waals surface area contributed by atoms with Gasteiger partial charge >= 0.3 is 0 Å². The van der Waals surface area contributed by atoms with Crippen LogP contribution in [0.5, 0.6) is 0 Å². The third-order valence-electron chi connectivity index (χ3n) is 4.53. The van der Waals surface area contributed by atoms with Crippen molar-refractivity contribution < 1.29 is 13.7 Å². The molecule has 1 aromatic carbocycles. The average Bonchev–Trinajstić information content (AvgIpc) is 3.12. The molecule has 132 valence electrons. The summed E-state index contributed by atoms with van der Waals surface area (Å²) in [6, 6.07) is 8.00. The minimum absolute atomic E-state index is 0.0806. The monoisotopic (exact) mass is 340 g/mol. The Hall–Kier alpha value is -2.56. The zero-order valence-electron chi connectivity index (χ0n) is 15.3. The molecule has 0 bridgehead atoms. The van der Waals surface area contributed by atoms with Crippen LogP contribution in [0, 0.1) is 13.8 Å². The van der Waals surface area contributed by atoms with E-state index in [9.17, 15) is 4.79 Å². The molecule has 5 nitrogen and oxygen atoms in total. The van der Waals surface area contributed by atoms with Gasteiger partial charge < -0.3 is 13.8 Å². The van der Waals surface area contributed by atoms with Gasteiger partial charge in [-0.15, -0.1) is 0 Å². The first-order valence-corrected chi connectivity index (χ1v) is 8.70. The van der Waals surface area contributed by atoms with Gasteiger partial charge in [-0.2, -0.15) is 0 Å². The zero-order chi connectivity index (χ0) is 18.0. The number of benzene rings is 1. The Morgan fingerprint density at radius 2 is 2.00 bits per heavy atom. The van der Waals surface area contributed by atoms with E-state index in [1.54, 1.807) is 25.8 Å². The van der Waals surface area contributed by atoms with Crippen molar-refractivity contribution in [3.8, 4) is 0 Å². The molecular formula is C20H24N2O3. The number of aromatic nitrogens is 1. The van der Waals surface area contributed by atoms with Crippen LogP contribution in [0.15, 0.2) is 33.2 Å². The first-order valence-electron chi connectivity index (χ1n) is 8.70. The molecular weight excluding hydrogens is 316 g/mol. The molecule has 5 heteroatoms. The highest BCUT2D eigenvalue weighted by Gasteiger charge is 2.23. The Bertz CT molecular complexity index is 872. The number of amides is 1. The van der Waals surface area contributed by atoms with Crippen LogP contribution in [0.1, 0.15) is 52.9 Å². The van der Waals surface area contributed by atoms with Crippen molar-refractivity contribution in [2.45, 2.75) is 46.6 Å². The molecule has 3 aromatic rings. The summed E-state index contributed by atoms with van der Waals surface area (Å²) in [5, 5.41) is 4.96. The predicted octanol–water partition coefficient (Wildman–Crippen LogP) is 4.65. The molecule has 0 N–H and O–H groups in total. The maximum atomic E-state index is 12.8. The third kappa shape index (κ3) is 3.31. The topological polar surface area (TPSA) is 59.5 Å². The SMILES string of the molecule is CCCCc1oc2ccccc2c1CN(C)C(=O)c1c(C)noc1C. The Kier molecular flexibility index (Phi) is 4.93. The summed E-state index contributed by atoms with van der Waals surface area (Å²) in [4.78, 5) is 14.5. The number of furan rings is 1. The molecule has 0 aliphatic carbocycles. The fourth-order valence-corrected chi connectivity index (χ4v) is 3.15. The molecule has 3 rings (SSSR count). The fourth-order valence-electron chi connectivity index (χ4n) is 3.15. The number of carbonyl (C=O) groups is 1. The molecule has 0 saturated carbocycles. The molecule has 25 heavy (non-hydrogen) atoms. The summed E-state index contributed by atoms with van der Waals surface area (Å²) in [6.07, 6.45) is 3.05. The highest BCUT2D eigenvalue weighted by atomic mass is 16.5. The molecule has 2 aromatic heterocycles. The number of rotatable bonds is 6. The van der Waals surface area contributed by atoms with E-state index in [-0.39, 0.29) is 5.91 Å². The van der Waals surface area contributed by atoms with E-state index >= 15 is 0 Å². The van der Waals surface area contributed by atoms with Gasteiger partial charge in [0, 0.05) is 31.0 Å². The second kappa shape index (κ2) is 7.13. The van der Waals surface area contributed by atoms with E-state index in [1.165, 1.54) is 0 Å². The third-order valence-corrected chi connectivity index (χ3v) is 4.53. The molecule has 0 saturated heterocycles. The van der Waals surface area contributed by atoms with E-state index in [1.807, 2.05) is 18.2 Å². The van der Waals surface area contributed by atoms with Crippen molar-refractivity contribution in [2.75, 3.05) is 7.05 Å². The van der Waals surface area contributed by atoms with E-state index in [0.29, 0.717) is 23.6 Å². The Labute approximate surface area is 147 Å². The average molecular weight is 340 g/mol. The molecule has 1 amide bonds. The van der Waals surface area contributed by atoms with Gasteiger partial charge in [0.1, 0.15) is 22.7 Å². The van der Waals surface area contributed by atoms with E-state index in [2.05, 4.69) is 18.1 Å². The first kappa shape index (κ1) is 17.3.